The van der Waals surface area contributed by atoms with Crippen LogP contribution in [0.4, 0.5) is 0 Å². The Bertz CT molecular complexity index is 366. The summed E-state index contributed by atoms with van der Waals surface area (Å²) in [5.41, 5.74) is 2.13. The maximum atomic E-state index is 12.1. The predicted octanol–water partition coefficient (Wildman–Crippen LogP) is 1.76. The largest absolute Gasteiger partial charge is 0.317 e. The lowest BCUT2D eigenvalue weighted by Crippen LogP contribution is -2.32. The topological polar surface area (TPSA) is 42.0 Å². The SMILES string of the molecule is CCc1ccc(CC(=O)C2CCNCC2)nc1. The van der Waals surface area contributed by atoms with E-state index in [0.29, 0.717) is 12.2 Å². The average molecular weight is 232 g/mol. The molecule has 1 aromatic rings. The summed E-state index contributed by atoms with van der Waals surface area (Å²) >= 11 is 0. The number of aryl methyl sites for hydroxylation is 1. The number of pyridine rings is 1. The van der Waals surface area contributed by atoms with Crippen molar-refractivity contribution in [3.63, 3.8) is 0 Å². The van der Waals surface area contributed by atoms with Gasteiger partial charge in [0.1, 0.15) is 5.78 Å². The molecule has 3 nitrogen and oxygen atoms in total. The second-order valence-electron chi connectivity index (χ2n) is 4.68. The third-order valence-electron chi connectivity index (χ3n) is 3.44. The molecule has 0 radical (unpaired) electrons. The summed E-state index contributed by atoms with van der Waals surface area (Å²) in [4.78, 5) is 16.4. The monoisotopic (exact) mass is 232 g/mol. The zero-order valence-corrected chi connectivity index (χ0v) is 10.4. The van der Waals surface area contributed by atoms with Gasteiger partial charge in [0.05, 0.1) is 0 Å². The van der Waals surface area contributed by atoms with Gasteiger partial charge in [-0.2, -0.15) is 0 Å². The molecule has 2 heterocycles. The van der Waals surface area contributed by atoms with Crippen molar-refractivity contribution in [2.45, 2.75) is 32.6 Å². The van der Waals surface area contributed by atoms with Crippen LogP contribution in [0.15, 0.2) is 18.3 Å². The zero-order chi connectivity index (χ0) is 12.1. The van der Waals surface area contributed by atoms with E-state index in [1.807, 2.05) is 12.3 Å². The zero-order valence-electron chi connectivity index (χ0n) is 10.4. The molecule has 1 saturated heterocycles. The average Bonchev–Trinajstić information content (AvgIpc) is 2.40. The summed E-state index contributed by atoms with van der Waals surface area (Å²) < 4.78 is 0. The molecule has 1 N–H and O–H groups in total. The number of aromatic nitrogens is 1. The summed E-state index contributed by atoms with van der Waals surface area (Å²) in [6, 6.07) is 4.05. The molecule has 0 spiro atoms. The number of nitrogens with one attached hydrogen (secondary N) is 1. The lowest BCUT2D eigenvalue weighted by Gasteiger charge is -2.21. The molecule has 0 bridgehead atoms. The van der Waals surface area contributed by atoms with Gasteiger partial charge < -0.3 is 5.32 Å². The third kappa shape index (κ3) is 3.37. The van der Waals surface area contributed by atoms with Gasteiger partial charge in [-0.3, -0.25) is 9.78 Å². The number of carbonyl (C=O) groups excluding carboxylic acids is 1. The Morgan fingerprint density at radius 3 is 2.76 bits per heavy atom. The van der Waals surface area contributed by atoms with Crippen LogP contribution in [-0.2, 0) is 17.6 Å². The Balaban J connectivity index is 1.92. The molecular weight excluding hydrogens is 212 g/mol. The van der Waals surface area contributed by atoms with Crippen LogP contribution in [0.5, 0.6) is 0 Å². The summed E-state index contributed by atoms with van der Waals surface area (Å²) in [5.74, 6) is 0.590. The van der Waals surface area contributed by atoms with Crippen LogP contribution in [0, 0.1) is 5.92 Å². The molecule has 0 aliphatic carbocycles. The Morgan fingerprint density at radius 1 is 1.41 bits per heavy atom. The lowest BCUT2D eigenvalue weighted by molar-refractivity contribution is -0.123. The van der Waals surface area contributed by atoms with Crippen LogP contribution >= 0.6 is 0 Å². The van der Waals surface area contributed by atoms with Crippen LogP contribution in [-0.4, -0.2) is 23.9 Å². The van der Waals surface area contributed by atoms with E-state index in [-0.39, 0.29) is 5.92 Å². The first-order valence-electron chi connectivity index (χ1n) is 6.47. The number of Topliss-reactive ketones (excluding diaryl/α,β-unsaturated/α-hetero) is 1. The molecule has 1 fully saturated rings. The second kappa shape index (κ2) is 5.92. The predicted molar refractivity (Wildman–Crippen MR) is 67.9 cm³/mol. The Morgan fingerprint density at radius 2 is 2.18 bits per heavy atom. The summed E-state index contributed by atoms with van der Waals surface area (Å²) in [6.45, 7) is 4.05. The smallest absolute Gasteiger partial charge is 0.142 e. The van der Waals surface area contributed by atoms with Gasteiger partial charge in [0.2, 0.25) is 0 Å². The van der Waals surface area contributed by atoms with Gasteiger partial charge in [0.25, 0.3) is 0 Å². The molecular formula is C14H20N2O. The van der Waals surface area contributed by atoms with Crippen LogP contribution in [0.25, 0.3) is 0 Å². The lowest BCUT2D eigenvalue weighted by atomic mass is 9.91. The van der Waals surface area contributed by atoms with Crippen LogP contribution in [0.1, 0.15) is 31.0 Å². The number of carbonyl (C=O) groups is 1. The van der Waals surface area contributed by atoms with Gasteiger partial charge in [-0.25, -0.2) is 0 Å². The minimum atomic E-state index is 0.240. The van der Waals surface area contributed by atoms with E-state index < -0.39 is 0 Å². The number of nitrogens with zero attached hydrogens (tertiary/aromatic N) is 1. The second-order valence-corrected chi connectivity index (χ2v) is 4.68. The van der Waals surface area contributed by atoms with Gasteiger partial charge in [0.15, 0.2) is 0 Å². The molecule has 0 saturated carbocycles. The summed E-state index contributed by atoms with van der Waals surface area (Å²) in [5, 5.41) is 3.28. The highest BCUT2D eigenvalue weighted by molar-refractivity contribution is 5.83. The van der Waals surface area contributed by atoms with Crippen molar-refractivity contribution in [1.82, 2.24) is 10.3 Å². The molecule has 92 valence electrons. The molecule has 0 aromatic carbocycles. The van der Waals surface area contributed by atoms with Crippen molar-refractivity contribution < 1.29 is 4.79 Å². The maximum absolute atomic E-state index is 12.1. The quantitative estimate of drug-likeness (QED) is 0.860. The van der Waals surface area contributed by atoms with Gasteiger partial charge in [0, 0.05) is 24.2 Å². The number of hydrogen-bond donors (Lipinski definition) is 1. The highest BCUT2D eigenvalue weighted by Crippen LogP contribution is 2.15. The molecule has 2 rings (SSSR count). The number of hydrogen-bond acceptors (Lipinski definition) is 3. The van der Waals surface area contributed by atoms with E-state index in [4.69, 9.17) is 0 Å². The number of piperidine rings is 1. The van der Waals surface area contributed by atoms with Crippen LogP contribution < -0.4 is 5.32 Å². The highest BCUT2D eigenvalue weighted by atomic mass is 16.1. The standard InChI is InChI=1S/C14H20N2O/c1-2-11-3-4-13(16-10-11)9-14(17)12-5-7-15-8-6-12/h3-4,10,12,15H,2,5-9H2,1H3. The summed E-state index contributed by atoms with van der Waals surface area (Å²) in [7, 11) is 0. The van der Waals surface area contributed by atoms with E-state index in [1.165, 1.54) is 5.56 Å². The fourth-order valence-electron chi connectivity index (χ4n) is 2.24. The normalized spacial score (nSPS) is 17.0. The van der Waals surface area contributed by atoms with Gasteiger partial charge >= 0.3 is 0 Å². The Labute approximate surface area is 103 Å². The molecule has 1 aliphatic rings. The fourth-order valence-corrected chi connectivity index (χ4v) is 2.24. The molecule has 3 heteroatoms. The molecule has 17 heavy (non-hydrogen) atoms. The number of rotatable bonds is 4. The van der Waals surface area contributed by atoms with Crippen molar-refractivity contribution >= 4 is 5.78 Å². The Hall–Kier alpha value is -1.22. The molecule has 0 atom stereocenters. The molecule has 1 aliphatic heterocycles. The molecule has 0 amide bonds. The van der Waals surface area contributed by atoms with Crippen LogP contribution in [0.3, 0.4) is 0 Å². The molecule has 0 unspecified atom stereocenters. The highest BCUT2D eigenvalue weighted by Gasteiger charge is 2.20. The van der Waals surface area contributed by atoms with E-state index >= 15 is 0 Å². The van der Waals surface area contributed by atoms with E-state index in [9.17, 15) is 4.79 Å². The third-order valence-corrected chi connectivity index (χ3v) is 3.44. The van der Waals surface area contributed by atoms with Crippen molar-refractivity contribution in [1.29, 1.82) is 0 Å². The minimum Gasteiger partial charge on any atom is -0.317 e. The van der Waals surface area contributed by atoms with Gasteiger partial charge in [-0.05, 0) is 44.0 Å². The first-order chi connectivity index (χ1) is 8.29. The van der Waals surface area contributed by atoms with E-state index in [0.717, 1.165) is 38.0 Å². The van der Waals surface area contributed by atoms with E-state index in [1.54, 1.807) is 0 Å². The molecule has 1 aromatic heterocycles. The maximum Gasteiger partial charge on any atom is 0.142 e. The first-order valence-corrected chi connectivity index (χ1v) is 6.47. The van der Waals surface area contributed by atoms with Gasteiger partial charge in [-0.15, -0.1) is 0 Å². The van der Waals surface area contributed by atoms with E-state index in [2.05, 4.69) is 23.3 Å². The van der Waals surface area contributed by atoms with Crippen molar-refractivity contribution in [2.75, 3.05) is 13.1 Å². The fraction of sp³-hybridized carbons (Fsp3) is 0.571. The van der Waals surface area contributed by atoms with Gasteiger partial charge in [-0.1, -0.05) is 13.0 Å². The summed E-state index contributed by atoms with van der Waals surface area (Å²) in [6.07, 6.45) is 5.33. The van der Waals surface area contributed by atoms with Crippen molar-refractivity contribution in [3.8, 4) is 0 Å². The van der Waals surface area contributed by atoms with Crippen molar-refractivity contribution in [3.05, 3.63) is 29.6 Å². The minimum absolute atomic E-state index is 0.240. The first kappa shape index (κ1) is 12.2. The van der Waals surface area contributed by atoms with Crippen LogP contribution in [0.2, 0.25) is 0 Å². The van der Waals surface area contributed by atoms with Crippen molar-refractivity contribution in [2.24, 2.45) is 5.92 Å². The Kier molecular flexibility index (Phi) is 4.26. The number of ketones is 1.